The van der Waals surface area contributed by atoms with Crippen molar-refractivity contribution in [2.75, 3.05) is 18.0 Å². The van der Waals surface area contributed by atoms with Gasteiger partial charge in [0.1, 0.15) is 5.75 Å². The minimum Gasteiger partial charge on any atom is -0.496 e. The maximum Gasteiger partial charge on any atom is 0.416 e. The summed E-state index contributed by atoms with van der Waals surface area (Å²) < 4.78 is 70.3. The molecule has 0 aliphatic rings. The lowest BCUT2D eigenvalue weighted by Gasteiger charge is -2.23. The van der Waals surface area contributed by atoms with Crippen LogP contribution >= 0.6 is 15.9 Å². The van der Waals surface area contributed by atoms with Crippen LogP contribution in [0.4, 0.5) is 18.9 Å². The summed E-state index contributed by atoms with van der Waals surface area (Å²) in [6, 6.07) is 8.27. The fourth-order valence-corrected chi connectivity index (χ4v) is 4.44. The molecule has 4 nitrogen and oxygen atoms in total. The fraction of sp³-hybridized carbons (Fsp3) is 0.250. The Bertz CT molecular complexity index is 852. The number of anilines is 1. The molecule has 25 heavy (non-hydrogen) atoms. The van der Waals surface area contributed by atoms with Gasteiger partial charge >= 0.3 is 6.18 Å². The molecule has 9 heteroatoms. The molecule has 0 atom stereocenters. The largest absolute Gasteiger partial charge is 0.496 e. The summed E-state index contributed by atoms with van der Waals surface area (Å²) in [5, 5.41) is 0. The van der Waals surface area contributed by atoms with E-state index in [1.807, 2.05) is 0 Å². The van der Waals surface area contributed by atoms with E-state index < -0.39 is 21.8 Å². The van der Waals surface area contributed by atoms with Crippen molar-refractivity contribution >= 4 is 31.6 Å². The van der Waals surface area contributed by atoms with Gasteiger partial charge in [-0.2, -0.15) is 13.2 Å². The molecule has 136 valence electrons. The average molecular weight is 438 g/mol. The number of methoxy groups -OCH3 is 1. The van der Waals surface area contributed by atoms with Crippen LogP contribution in [-0.4, -0.2) is 22.1 Å². The number of nitrogens with zero attached hydrogens (tertiary/aromatic N) is 1. The highest BCUT2D eigenvalue weighted by molar-refractivity contribution is 9.10. The molecule has 0 aromatic heterocycles. The van der Waals surface area contributed by atoms with Crippen molar-refractivity contribution in [1.29, 1.82) is 0 Å². The molecule has 0 bridgehead atoms. The first-order chi connectivity index (χ1) is 11.6. The third kappa shape index (κ3) is 4.09. The zero-order valence-electron chi connectivity index (χ0n) is 13.3. The average Bonchev–Trinajstić information content (AvgIpc) is 2.55. The minimum absolute atomic E-state index is 0.00178. The molecule has 2 rings (SSSR count). The van der Waals surface area contributed by atoms with Crippen molar-refractivity contribution in [3.63, 3.8) is 0 Å². The van der Waals surface area contributed by atoms with Crippen LogP contribution in [0.15, 0.2) is 51.8 Å². The molecule has 2 aromatic carbocycles. The van der Waals surface area contributed by atoms with E-state index in [1.165, 1.54) is 25.3 Å². The van der Waals surface area contributed by atoms with Gasteiger partial charge in [0, 0.05) is 6.54 Å². The van der Waals surface area contributed by atoms with Crippen molar-refractivity contribution < 1.29 is 26.3 Å². The van der Waals surface area contributed by atoms with Crippen LogP contribution in [-0.2, 0) is 16.2 Å². The van der Waals surface area contributed by atoms with Crippen molar-refractivity contribution in [3.8, 4) is 5.75 Å². The standard InChI is InChI=1S/C16H15BrF3NO3S/c1-3-21(12-6-4-11(5-7-12)16(18,19)20)25(22,23)13-8-9-15(24-2)14(17)10-13/h4-10H,3H2,1-2H3. The molecule has 0 spiro atoms. The van der Waals surface area contributed by atoms with Gasteiger partial charge in [-0.25, -0.2) is 8.42 Å². The number of halogens is 4. The summed E-state index contributed by atoms with van der Waals surface area (Å²) >= 11 is 3.23. The van der Waals surface area contributed by atoms with Gasteiger partial charge in [-0.05, 0) is 65.3 Å². The second kappa shape index (κ2) is 7.25. The Labute approximate surface area is 152 Å². The highest BCUT2D eigenvalue weighted by Gasteiger charge is 2.31. The number of rotatable bonds is 5. The molecule has 0 saturated carbocycles. The van der Waals surface area contributed by atoms with E-state index in [-0.39, 0.29) is 17.1 Å². The van der Waals surface area contributed by atoms with Gasteiger partial charge in [0.2, 0.25) is 0 Å². The van der Waals surface area contributed by atoms with Gasteiger partial charge in [-0.3, -0.25) is 4.31 Å². The fourth-order valence-electron chi connectivity index (χ4n) is 2.24. The highest BCUT2D eigenvalue weighted by atomic mass is 79.9. The van der Waals surface area contributed by atoms with Crippen LogP contribution in [0.2, 0.25) is 0 Å². The molecule has 0 unspecified atom stereocenters. The summed E-state index contributed by atoms with van der Waals surface area (Å²) in [7, 11) is -2.48. The van der Waals surface area contributed by atoms with Crippen molar-refractivity contribution in [2.24, 2.45) is 0 Å². The molecule has 0 heterocycles. The van der Waals surface area contributed by atoms with E-state index in [0.29, 0.717) is 10.2 Å². The van der Waals surface area contributed by atoms with Gasteiger partial charge in [0.05, 0.1) is 27.7 Å². The van der Waals surface area contributed by atoms with Crippen molar-refractivity contribution in [3.05, 3.63) is 52.5 Å². The Kier molecular flexibility index (Phi) is 5.68. The van der Waals surface area contributed by atoms with Crippen LogP contribution < -0.4 is 9.04 Å². The predicted octanol–water partition coefficient (Wildman–Crippen LogP) is 4.69. The van der Waals surface area contributed by atoms with Gasteiger partial charge in [0.15, 0.2) is 0 Å². The number of sulfonamides is 1. The Morgan fingerprint density at radius 1 is 1.12 bits per heavy atom. The number of ether oxygens (including phenoxy) is 1. The van der Waals surface area contributed by atoms with Crippen LogP contribution in [0.3, 0.4) is 0 Å². The molecule has 0 aliphatic carbocycles. The zero-order valence-corrected chi connectivity index (χ0v) is 15.7. The van der Waals surface area contributed by atoms with E-state index >= 15 is 0 Å². The molecule has 0 aliphatic heterocycles. The molecule has 0 N–H and O–H groups in total. The lowest BCUT2D eigenvalue weighted by atomic mass is 10.2. The van der Waals surface area contributed by atoms with Crippen molar-refractivity contribution in [2.45, 2.75) is 18.0 Å². The predicted molar refractivity (Wildman–Crippen MR) is 92.3 cm³/mol. The van der Waals surface area contributed by atoms with Crippen molar-refractivity contribution in [1.82, 2.24) is 0 Å². The summed E-state index contributed by atoms with van der Waals surface area (Å²) in [6.45, 7) is 1.67. The number of alkyl halides is 3. The summed E-state index contributed by atoms with van der Waals surface area (Å²) in [6.07, 6.45) is -4.48. The lowest BCUT2D eigenvalue weighted by molar-refractivity contribution is -0.137. The molecular formula is C16H15BrF3NO3S. The van der Waals surface area contributed by atoms with Gasteiger partial charge in [0.25, 0.3) is 10.0 Å². The van der Waals surface area contributed by atoms with Gasteiger partial charge in [-0.1, -0.05) is 0 Å². The van der Waals surface area contributed by atoms with Crippen LogP contribution in [0.25, 0.3) is 0 Å². The maximum absolute atomic E-state index is 12.8. The topological polar surface area (TPSA) is 46.6 Å². The van der Waals surface area contributed by atoms with Gasteiger partial charge in [-0.15, -0.1) is 0 Å². The first-order valence-corrected chi connectivity index (χ1v) is 9.38. The smallest absolute Gasteiger partial charge is 0.416 e. The third-order valence-electron chi connectivity index (χ3n) is 3.48. The maximum atomic E-state index is 12.8. The Morgan fingerprint density at radius 2 is 1.72 bits per heavy atom. The highest BCUT2D eigenvalue weighted by Crippen LogP contribution is 2.33. The lowest BCUT2D eigenvalue weighted by Crippen LogP contribution is -2.30. The summed E-state index contributed by atoms with van der Waals surface area (Å²) in [5.41, 5.74) is -0.681. The Balaban J connectivity index is 2.43. The SMILES string of the molecule is CCN(c1ccc(C(F)(F)F)cc1)S(=O)(=O)c1ccc(OC)c(Br)c1. The third-order valence-corrected chi connectivity index (χ3v) is 6.00. The number of hydrogen-bond acceptors (Lipinski definition) is 3. The Hall–Kier alpha value is -1.74. The van der Waals surface area contributed by atoms with E-state index in [1.54, 1.807) is 6.92 Å². The quantitative estimate of drug-likeness (QED) is 0.681. The first kappa shape index (κ1) is 19.6. The molecule has 0 fully saturated rings. The zero-order chi connectivity index (χ0) is 18.8. The van der Waals surface area contributed by atoms with E-state index in [2.05, 4.69) is 15.9 Å². The summed E-state index contributed by atoms with van der Waals surface area (Å²) in [5.74, 6) is 0.469. The van der Waals surface area contributed by atoms with E-state index in [0.717, 1.165) is 28.6 Å². The van der Waals surface area contributed by atoms with E-state index in [4.69, 9.17) is 4.74 Å². The second-order valence-electron chi connectivity index (χ2n) is 5.01. The van der Waals surface area contributed by atoms with Crippen LogP contribution in [0.5, 0.6) is 5.75 Å². The monoisotopic (exact) mass is 437 g/mol. The molecule has 0 amide bonds. The van der Waals surface area contributed by atoms with Crippen LogP contribution in [0.1, 0.15) is 12.5 Å². The molecular weight excluding hydrogens is 423 g/mol. The minimum atomic E-state index is -4.48. The second-order valence-corrected chi connectivity index (χ2v) is 7.73. The van der Waals surface area contributed by atoms with Crippen LogP contribution in [0, 0.1) is 0 Å². The normalized spacial score (nSPS) is 12.1. The first-order valence-electron chi connectivity index (χ1n) is 7.14. The molecule has 2 aromatic rings. The summed E-state index contributed by atoms with van der Waals surface area (Å²) in [4.78, 5) is 0.00178. The van der Waals surface area contributed by atoms with E-state index in [9.17, 15) is 21.6 Å². The molecule has 0 radical (unpaired) electrons. The van der Waals surface area contributed by atoms with Gasteiger partial charge < -0.3 is 4.74 Å². The molecule has 0 saturated heterocycles. The number of hydrogen-bond donors (Lipinski definition) is 0. The Morgan fingerprint density at radius 3 is 2.16 bits per heavy atom. The number of benzene rings is 2.